The average Bonchev–Trinajstić information content (AvgIpc) is 3.66. The molecule has 11 aromatic rings. The van der Waals surface area contributed by atoms with E-state index in [1.807, 2.05) is 48.2 Å². The van der Waals surface area contributed by atoms with Crippen molar-refractivity contribution in [1.82, 2.24) is 19.9 Å². The molecule has 13 rings (SSSR count). The zero-order valence-corrected chi connectivity index (χ0v) is 35.3. The first kappa shape index (κ1) is 36.6. The van der Waals surface area contributed by atoms with Crippen molar-refractivity contribution in [2.24, 2.45) is 0 Å². The topological polar surface area (TPSA) is 51.6 Å². The Morgan fingerprint density at radius 3 is 1.55 bits per heavy atom. The van der Waals surface area contributed by atoms with Crippen LogP contribution in [0.5, 0.6) is 0 Å². The highest BCUT2D eigenvalue weighted by Gasteiger charge is 2.50. The molecule has 2 aromatic heterocycles. The Labute approximate surface area is 375 Å². The molecule has 1 spiro atoms. The SMILES string of the molecule is c1ccc(-c2cccc(-c3nc(-c4ccccc4)nc(-c4ccc(-c5nc6ccccc6c6cc7c(cc56)Sc5ccccc5C75c6ccccc6-c6ccccc65)cc4)n3)c2)cc1. The number of fused-ring (bicyclic) bond motifs is 12. The molecule has 0 bridgehead atoms. The summed E-state index contributed by atoms with van der Waals surface area (Å²) in [5.74, 6) is 1.87. The van der Waals surface area contributed by atoms with E-state index >= 15 is 0 Å². The molecule has 9 aromatic carbocycles. The van der Waals surface area contributed by atoms with Gasteiger partial charge >= 0.3 is 0 Å². The van der Waals surface area contributed by atoms with Gasteiger partial charge in [0.15, 0.2) is 17.5 Å². The van der Waals surface area contributed by atoms with Crippen LogP contribution in [0.1, 0.15) is 22.3 Å². The van der Waals surface area contributed by atoms with Gasteiger partial charge in [0.05, 0.1) is 16.6 Å². The van der Waals surface area contributed by atoms with Crippen molar-refractivity contribution in [2.75, 3.05) is 0 Å². The maximum atomic E-state index is 5.42. The van der Waals surface area contributed by atoms with Crippen LogP contribution in [0.15, 0.2) is 228 Å². The van der Waals surface area contributed by atoms with Gasteiger partial charge in [0.25, 0.3) is 0 Å². The summed E-state index contributed by atoms with van der Waals surface area (Å²) in [4.78, 5) is 23.2. The smallest absolute Gasteiger partial charge is 0.164 e. The highest BCUT2D eigenvalue weighted by atomic mass is 32.2. The number of hydrogen-bond acceptors (Lipinski definition) is 5. The van der Waals surface area contributed by atoms with Crippen LogP contribution >= 0.6 is 11.8 Å². The third-order valence-electron chi connectivity index (χ3n) is 13.0. The van der Waals surface area contributed by atoms with E-state index in [0.29, 0.717) is 17.5 Å². The minimum atomic E-state index is -0.463. The van der Waals surface area contributed by atoms with Crippen LogP contribution in [0.4, 0.5) is 0 Å². The minimum Gasteiger partial charge on any atom is -0.247 e. The van der Waals surface area contributed by atoms with Crippen LogP contribution in [0.25, 0.3) is 89.4 Å². The summed E-state index contributed by atoms with van der Waals surface area (Å²) in [7, 11) is 0. The molecule has 298 valence electrons. The zero-order chi connectivity index (χ0) is 42.2. The molecule has 1 aliphatic carbocycles. The van der Waals surface area contributed by atoms with Gasteiger partial charge in [-0.1, -0.05) is 200 Å². The lowest BCUT2D eigenvalue weighted by Gasteiger charge is -2.40. The van der Waals surface area contributed by atoms with Crippen molar-refractivity contribution in [3.8, 4) is 67.7 Å². The summed E-state index contributed by atoms with van der Waals surface area (Å²) >= 11 is 1.86. The molecule has 0 radical (unpaired) electrons. The van der Waals surface area contributed by atoms with Gasteiger partial charge in [0, 0.05) is 42.8 Å². The number of hydrogen-bond donors (Lipinski definition) is 0. The van der Waals surface area contributed by atoms with E-state index in [9.17, 15) is 0 Å². The molecule has 1 aliphatic heterocycles. The number of para-hydroxylation sites is 1. The Balaban J connectivity index is 0.978. The highest BCUT2D eigenvalue weighted by Crippen LogP contribution is 2.62. The predicted molar refractivity (Wildman–Crippen MR) is 261 cm³/mol. The van der Waals surface area contributed by atoms with Crippen molar-refractivity contribution in [3.05, 3.63) is 241 Å². The maximum Gasteiger partial charge on any atom is 0.164 e. The first-order valence-electron chi connectivity index (χ1n) is 21.6. The quantitative estimate of drug-likeness (QED) is 0.162. The molecule has 0 amide bonds. The minimum absolute atomic E-state index is 0.463. The molecular weight excluding hydrogens is 797 g/mol. The van der Waals surface area contributed by atoms with Crippen molar-refractivity contribution in [3.63, 3.8) is 0 Å². The molecule has 2 aliphatic rings. The lowest BCUT2D eigenvalue weighted by Crippen LogP contribution is -2.32. The summed E-state index contributed by atoms with van der Waals surface area (Å²) in [5, 5.41) is 3.46. The van der Waals surface area contributed by atoms with E-state index in [0.717, 1.165) is 55.4 Å². The van der Waals surface area contributed by atoms with Crippen LogP contribution in [-0.2, 0) is 5.41 Å². The number of rotatable bonds is 5. The molecule has 64 heavy (non-hydrogen) atoms. The van der Waals surface area contributed by atoms with Crippen LogP contribution in [0, 0.1) is 0 Å². The Bertz CT molecular complexity index is 3600. The second-order valence-corrected chi connectivity index (χ2v) is 17.6. The second-order valence-electron chi connectivity index (χ2n) is 16.5. The van der Waals surface area contributed by atoms with E-state index < -0.39 is 5.41 Å². The third kappa shape index (κ3) is 5.64. The Hall–Kier alpha value is -7.99. The van der Waals surface area contributed by atoms with Crippen LogP contribution in [0.2, 0.25) is 0 Å². The van der Waals surface area contributed by atoms with Gasteiger partial charge in [0.2, 0.25) is 0 Å². The van der Waals surface area contributed by atoms with Crippen LogP contribution in [0.3, 0.4) is 0 Å². The largest absolute Gasteiger partial charge is 0.247 e. The molecule has 0 saturated carbocycles. The maximum absolute atomic E-state index is 5.42. The first-order valence-corrected chi connectivity index (χ1v) is 22.4. The van der Waals surface area contributed by atoms with Crippen molar-refractivity contribution >= 4 is 33.4 Å². The summed E-state index contributed by atoms with van der Waals surface area (Å²) in [6.07, 6.45) is 0. The van der Waals surface area contributed by atoms with E-state index in [4.69, 9.17) is 19.9 Å². The van der Waals surface area contributed by atoms with Gasteiger partial charge in [-0.05, 0) is 80.2 Å². The average molecular weight is 833 g/mol. The van der Waals surface area contributed by atoms with Crippen molar-refractivity contribution in [1.29, 1.82) is 0 Å². The van der Waals surface area contributed by atoms with Gasteiger partial charge in [-0.15, -0.1) is 0 Å². The van der Waals surface area contributed by atoms with Crippen LogP contribution in [-0.4, -0.2) is 19.9 Å². The fourth-order valence-corrected chi connectivity index (χ4v) is 11.3. The number of benzene rings is 9. The summed E-state index contributed by atoms with van der Waals surface area (Å²) in [5.41, 5.74) is 15.4. The van der Waals surface area contributed by atoms with Gasteiger partial charge in [-0.25, -0.2) is 19.9 Å². The zero-order valence-electron chi connectivity index (χ0n) is 34.5. The third-order valence-corrected chi connectivity index (χ3v) is 14.1. The number of pyridine rings is 1. The lowest BCUT2D eigenvalue weighted by molar-refractivity contribution is 0.724. The summed E-state index contributed by atoms with van der Waals surface area (Å²) in [6, 6.07) is 78.0. The number of nitrogens with zero attached hydrogens (tertiary/aromatic N) is 4. The molecule has 0 saturated heterocycles. The molecule has 0 unspecified atom stereocenters. The Morgan fingerprint density at radius 1 is 0.297 bits per heavy atom. The first-order chi connectivity index (χ1) is 31.7. The van der Waals surface area contributed by atoms with E-state index in [2.05, 4.69) is 182 Å². The molecule has 0 fully saturated rings. The highest BCUT2D eigenvalue weighted by molar-refractivity contribution is 7.99. The van der Waals surface area contributed by atoms with Gasteiger partial charge < -0.3 is 0 Å². The lowest BCUT2D eigenvalue weighted by atomic mass is 9.67. The van der Waals surface area contributed by atoms with E-state index in [-0.39, 0.29) is 0 Å². The number of aromatic nitrogens is 4. The predicted octanol–water partition coefficient (Wildman–Crippen LogP) is 14.7. The van der Waals surface area contributed by atoms with Gasteiger partial charge in [-0.3, -0.25) is 0 Å². The molecule has 0 atom stereocenters. The van der Waals surface area contributed by atoms with E-state index in [1.54, 1.807) is 0 Å². The van der Waals surface area contributed by atoms with Crippen molar-refractivity contribution < 1.29 is 0 Å². The Morgan fingerprint density at radius 2 is 0.828 bits per heavy atom. The Kier molecular flexibility index (Phi) is 8.33. The molecule has 0 N–H and O–H groups in total. The monoisotopic (exact) mass is 832 g/mol. The molecule has 5 heteroatoms. The standard InChI is InChI=1S/C59H36N4S/c1-3-16-37(17-4-1)41-20-15-21-42(34-41)58-62-56(39-18-5-2-6-19-39)61-57(63-58)40-32-30-38(31-33-40)55-47-36-54-51(35-46(47)45-24-9-13-28-52(45)60-55)59(50-27-12-14-29-53(50)64-54)48-25-10-7-22-43(48)44-23-8-11-26-49(44)59/h1-36H. The molecule has 4 nitrogen and oxygen atoms in total. The summed E-state index contributed by atoms with van der Waals surface area (Å²) in [6.45, 7) is 0. The van der Waals surface area contributed by atoms with Gasteiger partial charge in [0.1, 0.15) is 0 Å². The molecular formula is C59H36N4S. The fourth-order valence-electron chi connectivity index (χ4n) is 10.1. The van der Waals surface area contributed by atoms with Gasteiger partial charge in [-0.2, -0.15) is 0 Å². The van der Waals surface area contributed by atoms with E-state index in [1.165, 1.54) is 48.6 Å². The summed E-state index contributed by atoms with van der Waals surface area (Å²) < 4.78 is 0. The van der Waals surface area contributed by atoms with Crippen LogP contribution < -0.4 is 0 Å². The second kappa shape index (κ2) is 14.6. The molecule has 3 heterocycles. The van der Waals surface area contributed by atoms with Crippen molar-refractivity contribution in [2.45, 2.75) is 15.2 Å². The normalized spacial score (nSPS) is 13.1. The fraction of sp³-hybridized carbons (Fsp3) is 0.0169.